The summed E-state index contributed by atoms with van der Waals surface area (Å²) in [4.78, 5) is 52.4. The number of carbonyl (C=O) groups excluding carboxylic acids is 3. The largest absolute Gasteiger partial charge is 0.394 e. The van der Waals surface area contributed by atoms with Gasteiger partial charge >= 0.3 is 0 Å². The third-order valence-corrected chi connectivity index (χ3v) is 16.5. The molecule has 1 saturated heterocycles. The number of fused-ring (bicyclic) bond motifs is 2. The zero-order valence-electron chi connectivity index (χ0n) is 37.5. The summed E-state index contributed by atoms with van der Waals surface area (Å²) >= 11 is 0. The molecule has 0 radical (unpaired) electrons. The van der Waals surface area contributed by atoms with Crippen LogP contribution in [0.1, 0.15) is 118 Å². The standard InChI is InChI=1S/C46H81N5O7/c1-27-36-22-34(46(36,3)4)23-37(27)47-44(55)41-40(28(2)53)39(26-52)58-51(41)25-31-16-13-17-35(42(31)57-9)32-18-30(24-49(5)6)19-33(21-32)43(54)48-38(45(56)50(7)8)20-29-14-11-10-12-15-29/h27-42,52-53H,10-26H2,1-9H3,(H,47,55)(H,48,54)/t27-,28-,30?,31?,32?,33?,34+,35?,36-,37-,38-,39-,40+,41-,42?/m0/s1. The van der Waals surface area contributed by atoms with Crippen molar-refractivity contribution in [2.45, 2.75) is 154 Å². The Morgan fingerprint density at radius 3 is 2.26 bits per heavy atom. The molecule has 0 aromatic rings. The van der Waals surface area contributed by atoms with Crippen molar-refractivity contribution in [3.05, 3.63) is 0 Å². The average molecular weight is 816 g/mol. The quantitative estimate of drug-likeness (QED) is 0.185. The number of likely N-dealkylation sites (N-methyl/N-ethyl adjacent to an activating group) is 1. The van der Waals surface area contributed by atoms with Gasteiger partial charge in [-0.2, -0.15) is 5.06 Å². The lowest BCUT2D eigenvalue weighted by molar-refractivity contribution is -0.193. The van der Waals surface area contributed by atoms with Crippen molar-refractivity contribution in [2.75, 3.05) is 55.0 Å². The fourth-order valence-corrected chi connectivity index (χ4v) is 13.4. The van der Waals surface area contributed by atoms with Crippen LogP contribution in [0.5, 0.6) is 0 Å². The Balaban J connectivity index is 1.17. The highest BCUT2D eigenvalue weighted by molar-refractivity contribution is 5.88. The van der Waals surface area contributed by atoms with Gasteiger partial charge in [0.05, 0.1) is 18.8 Å². The van der Waals surface area contributed by atoms with E-state index in [2.05, 4.69) is 50.4 Å². The summed E-state index contributed by atoms with van der Waals surface area (Å²) in [6, 6.07) is -1.15. The highest BCUT2D eigenvalue weighted by atomic mass is 16.7. The molecule has 12 nitrogen and oxygen atoms in total. The Bertz CT molecular complexity index is 1390. The molecule has 6 aliphatic carbocycles. The van der Waals surface area contributed by atoms with Crippen LogP contribution in [0, 0.1) is 64.6 Å². The van der Waals surface area contributed by atoms with Crippen LogP contribution < -0.4 is 10.6 Å². The minimum atomic E-state index is -0.847. The van der Waals surface area contributed by atoms with E-state index in [4.69, 9.17) is 9.57 Å². The number of amides is 3. The molecule has 1 heterocycles. The van der Waals surface area contributed by atoms with E-state index in [0.717, 1.165) is 64.3 Å². The molecule has 6 saturated carbocycles. The molecule has 7 rings (SSSR count). The van der Waals surface area contributed by atoms with Crippen molar-refractivity contribution in [3.8, 4) is 0 Å². The number of methoxy groups -OCH3 is 1. The molecule has 1 aliphatic heterocycles. The van der Waals surface area contributed by atoms with Gasteiger partial charge in [-0.05, 0) is 119 Å². The minimum absolute atomic E-state index is 0.0115. The number of nitrogens with one attached hydrogen (secondary N) is 2. The monoisotopic (exact) mass is 816 g/mol. The molecule has 58 heavy (non-hydrogen) atoms. The summed E-state index contributed by atoms with van der Waals surface area (Å²) in [6.07, 6.45) is 12.7. The average Bonchev–Trinajstić information content (AvgIpc) is 3.56. The summed E-state index contributed by atoms with van der Waals surface area (Å²) in [5.74, 6) is 2.02. The summed E-state index contributed by atoms with van der Waals surface area (Å²) in [7, 11) is 9.57. The van der Waals surface area contributed by atoms with Crippen LogP contribution >= 0.6 is 0 Å². The lowest BCUT2D eigenvalue weighted by atomic mass is 9.45. The van der Waals surface area contributed by atoms with Crippen molar-refractivity contribution in [1.29, 1.82) is 0 Å². The number of rotatable bonds is 15. The number of ether oxygens (including phenoxy) is 1. The van der Waals surface area contributed by atoms with Crippen LogP contribution in [0.4, 0.5) is 0 Å². The highest BCUT2D eigenvalue weighted by Gasteiger charge is 2.58. The van der Waals surface area contributed by atoms with Crippen LogP contribution in [0.25, 0.3) is 0 Å². The van der Waals surface area contributed by atoms with Crippen LogP contribution in [0.2, 0.25) is 0 Å². The Morgan fingerprint density at radius 1 is 0.931 bits per heavy atom. The van der Waals surface area contributed by atoms with Crippen molar-refractivity contribution in [2.24, 2.45) is 64.6 Å². The fraction of sp³-hybridized carbons (Fsp3) is 0.935. The first-order valence-electron chi connectivity index (χ1n) is 23.3. The molecular weight excluding hydrogens is 735 g/mol. The number of hydroxylamine groups is 2. The molecule has 7 aliphatic rings. The van der Waals surface area contributed by atoms with E-state index in [9.17, 15) is 24.6 Å². The topological polar surface area (TPSA) is 144 Å². The smallest absolute Gasteiger partial charge is 0.244 e. The van der Waals surface area contributed by atoms with Gasteiger partial charge in [-0.3, -0.25) is 19.2 Å². The van der Waals surface area contributed by atoms with Crippen LogP contribution in [0.15, 0.2) is 0 Å². The maximum atomic E-state index is 14.4. The Labute approximate surface area is 350 Å². The zero-order valence-corrected chi connectivity index (χ0v) is 37.5. The summed E-state index contributed by atoms with van der Waals surface area (Å²) in [5, 5.41) is 30.0. The SMILES string of the molecule is COC1C(CN2O[C@@H](CO)[C@@H]([C@H](C)O)[C@H]2C(=O)N[C@H]2C[C@H]3C[C@@H]([C@@H]2C)C3(C)C)CCCC1C1CC(CN(C)C)CC(C(=O)N[C@@H](CC2CCCCC2)C(=O)N(C)C)C1. The van der Waals surface area contributed by atoms with E-state index in [0.29, 0.717) is 48.0 Å². The van der Waals surface area contributed by atoms with Gasteiger partial charge in [0.2, 0.25) is 17.7 Å². The summed E-state index contributed by atoms with van der Waals surface area (Å²) in [6.45, 7) is 9.76. The van der Waals surface area contributed by atoms with Gasteiger partial charge in [0.1, 0.15) is 18.2 Å². The second kappa shape index (κ2) is 19.5. The van der Waals surface area contributed by atoms with E-state index >= 15 is 0 Å². The maximum Gasteiger partial charge on any atom is 0.244 e. The number of aliphatic hydroxyl groups excluding tert-OH is 2. The number of hydrogen-bond donors (Lipinski definition) is 4. The first-order valence-corrected chi connectivity index (χ1v) is 23.3. The zero-order chi connectivity index (χ0) is 42.1. The first-order chi connectivity index (χ1) is 27.5. The summed E-state index contributed by atoms with van der Waals surface area (Å²) < 4.78 is 6.45. The van der Waals surface area contributed by atoms with Gasteiger partial charge in [0, 0.05) is 58.1 Å². The second-order valence-corrected chi connectivity index (χ2v) is 21.1. The van der Waals surface area contributed by atoms with Crippen molar-refractivity contribution < 1.29 is 34.2 Å². The molecule has 4 N–H and O–H groups in total. The molecule has 6 unspecified atom stereocenters. The lowest BCUT2D eigenvalue weighted by Gasteiger charge is -2.62. The molecule has 3 amide bonds. The predicted molar refractivity (Wildman–Crippen MR) is 225 cm³/mol. The Kier molecular flexibility index (Phi) is 15.3. The normalized spacial score (nSPS) is 39.1. The van der Waals surface area contributed by atoms with E-state index < -0.39 is 30.2 Å². The molecule has 332 valence electrons. The molecule has 0 aromatic carbocycles. The third kappa shape index (κ3) is 9.93. The highest BCUT2D eigenvalue weighted by Crippen LogP contribution is 2.61. The molecular formula is C46H81N5O7. The first kappa shape index (κ1) is 45.7. The van der Waals surface area contributed by atoms with Gasteiger partial charge < -0.3 is 35.4 Å². The molecule has 7 fully saturated rings. The number of nitrogens with zero attached hydrogens (tertiary/aromatic N) is 3. The Morgan fingerprint density at radius 2 is 1.66 bits per heavy atom. The maximum absolute atomic E-state index is 14.4. The van der Waals surface area contributed by atoms with Crippen molar-refractivity contribution >= 4 is 17.7 Å². The van der Waals surface area contributed by atoms with Gasteiger partial charge in [-0.15, -0.1) is 0 Å². The summed E-state index contributed by atoms with van der Waals surface area (Å²) in [5.41, 5.74) is 0.302. The molecule has 0 aromatic heterocycles. The molecule has 15 atom stereocenters. The van der Waals surface area contributed by atoms with E-state index in [-0.39, 0.29) is 60.1 Å². The third-order valence-electron chi connectivity index (χ3n) is 16.5. The lowest BCUT2D eigenvalue weighted by Crippen LogP contribution is -2.62. The minimum Gasteiger partial charge on any atom is -0.394 e. The van der Waals surface area contributed by atoms with Gasteiger partial charge in [0.25, 0.3) is 0 Å². The van der Waals surface area contributed by atoms with Gasteiger partial charge in [-0.25, -0.2) is 0 Å². The van der Waals surface area contributed by atoms with Crippen LogP contribution in [0.3, 0.4) is 0 Å². The molecule has 0 spiro atoms. The van der Waals surface area contributed by atoms with E-state index in [1.807, 2.05) is 0 Å². The molecule has 2 bridgehead atoms. The van der Waals surface area contributed by atoms with Gasteiger partial charge in [-0.1, -0.05) is 59.3 Å². The number of carbonyl (C=O) groups is 3. The second-order valence-electron chi connectivity index (χ2n) is 21.1. The number of hydrogen-bond acceptors (Lipinski definition) is 9. The number of aliphatic hydroxyl groups is 2. The predicted octanol–water partition coefficient (Wildman–Crippen LogP) is 4.72. The van der Waals surface area contributed by atoms with Crippen molar-refractivity contribution in [3.63, 3.8) is 0 Å². The van der Waals surface area contributed by atoms with E-state index in [1.54, 1.807) is 38.1 Å². The molecule has 12 heteroatoms. The van der Waals surface area contributed by atoms with Crippen LogP contribution in [-0.2, 0) is 24.0 Å². The Hall–Kier alpha value is -1.83. The van der Waals surface area contributed by atoms with Crippen LogP contribution in [-0.4, -0.2) is 134 Å². The van der Waals surface area contributed by atoms with E-state index in [1.165, 1.54) is 25.7 Å². The van der Waals surface area contributed by atoms with Crippen molar-refractivity contribution in [1.82, 2.24) is 25.5 Å². The van der Waals surface area contributed by atoms with Gasteiger partial charge in [0.15, 0.2) is 0 Å². The fourth-order valence-electron chi connectivity index (χ4n) is 13.4.